The van der Waals surface area contributed by atoms with E-state index in [0.29, 0.717) is 5.91 Å². The molecule has 23 heavy (non-hydrogen) atoms. The molecule has 1 fully saturated rings. The van der Waals surface area contributed by atoms with Crippen LogP contribution in [0.1, 0.15) is 116 Å². The van der Waals surface area contributed by atoms with Gasteiger partial charge in [-0.15, -0.1) is 0 Å². The van der Waals surface area contributed by atoms with Crippen LogP contribution in [0.5, 0.6) is 0 Å². The van der Waals surface area contributed by atoms with Crippen LogP contribution in [0.25, 0.3) is 0 Å². The highest BCUT2D eigenvalue weighted by Crippen LogP contribution is 2.14. The summed E-state index contributed by atoms with van der Waals surface area (Å²) in [4.78, 5) is 13.2. The molecule has 1 rings (SSSR count). The number of carbonyl (C=O) groups is 1. The Morgan fingerprint density at radius 2 is 1.04 bits per heavy atom. The van der Waals surface area contributed by atoms with Crippen LogP contribution in [0.15, 0.2) is 0 Å². The van der Waals surface area contributed by atoms with E-state index in [1.165, 1.54) is 103 Å². The number of nitrogens with zero attached hydrogens (tertiary/aromatic N) is 1. The monoisotopic (exact) mass is 323 g/mol. The molecule has 1 saturated heterocycles. The molecule has 0 bridgehead atoms. The van der Waals surface area contributed by atoms with Crippen LogP contribution in [0.3, 0.4) is 0 Å². The first-order chi connectivity index (χ1) is 11.3. The van der Waals surface area contributed by atoms with Gasteiger partial charge in [0.05, 0.1) is 0 Å². The fourth-order valence-electron chi connectivity index (χ4n) is 3.45. The quantitative estimate of drug-likeness (QED) is 0.221. The van der Waals surface area contributed by atoms with Crippen LogP contribution in [0, 0.1) is 0 Å². The third-order valence-corrected chi connectivity index (χ3v) is 5.23. The van der Waals surface area contributed by atoms with E-state index in [9.17, 15) is 4.79 Å². The number of rotatable bonds is 17. The molecule has 0 N–H and O–H groups in total. The minimum absolute atomic E-state index is 0.367. The smallest absolute Gasteiger partial charge is 0.224 e. The summed E-state index contributed by atoms with van der Waals surface area (Å²) in [5, 5.41) is 0. The first-order valence-electron chi connectivity index (χ1n) is 10.6. The van der Waals surface area contributed by atoms with E-state index in [-0.39, 0.29) is 0 Å². The summed E-state index contributed by atoms with van der Waals surface area (Å²) in [5.74, 6) is 0.367. The molecule has 2 nitrogen and oxygen atoms in total. The zero-order valence-corrected chi connectivity index (χ0v) is 15.8. The van der Waals surface area contributed by atoms with Gasteiger partial charge in [0.2, 0.25) is 5.91 Å². The predicted molar refractivity (Wildman–Crippen MR) is 101 cm³/mol. The van der Waals surface area contributed by atoms with Gasteiger partial charge < -0.3 is 4.90 Å². The number of carbonyl (C=O) groups excluding carboxylic acids is 1. The fourth-order valence-corrected chi connectivity index (χ4v) is 3.45. The van der Waals surface area contributed by atoms with Gasteiger partial charge in [0.25, 0.3) is 0 Å². The highest BCUT2D eigenvalue weighted by molar-refractivity contribution is 5.81. The second-order valence-electron chi connectivity index (χ2n) is 7.43. The standard InChI is InChI=1S/C21H41NO/c1-2-3-4-5-6-7-8-9-10-11-12-13-14-15-16-17-19-22-20-18-21(22)23/h2-20H2,1H3. The van der Waals surface area contributed by atoms with E-state index in [2.05, 4.69) is 6.92 Å². The molecule has 0 aromatic carbocycles. The first kappa shape index (κ1) is 20.5. The Labute approximate surface area is 145 Å². The summed E-state index contributed by atoms with van der Waals surface area (Å²) in [6.45, 7) is 4.31. The van der Waals surface area contributed by atoms with Gasteiger partial charge in [-0.1, -0.05) is 103 Å². The molecule has 1 aliphatic heterocycles. The van der Waals surface area contributed by atoms with E-state index in [1.54, 1.807) is 0 Å². The summed E-state index contributed by atoms with van der Waals surface area (Å²) >= 11 is 0. The SMILES string of the molecule is CCCCCCCCCCCCCCCCCCN1CCC1=O. The molecule has 0 atom stereocenters. The molecule has 0 aromatic rings. The molecule has 1 aliphatic rings. The zero-order valence-electron chi connectivity index (χ0n) is 15.8. The highest BCUT2D eigenvalue weighted by atomic mass is 16.2. The summed E-state index contributed by atoms with van der Waals surface area (Å²) in [5.41, 5.74) is 0. The zero-order chi connectivity index (χ0) is 16.6. The number of likely N-dealkylation sites (tertiary alicyclic amines) is 1. The average Bonchev–Trinajstić information content (AvgIpc) is 2.56. The van der Waals surface area contributed by atoms with E-state index in [0.717, 1.165) is 19.5 Å². The number of β-lactam (4-membered cyclic amide) rings is 1. The van der Waals surface area contributed by atoms with Gasteiger partial charge in [0, 0.05) is 19.5 Å². The maximum absolute atomic E-state index is 11.1. The van der Waals surface area contributed by atoms with E-state index in [4.69, 9.17) is 0 Å². The average molecular weight is 324 g/mol. The van der Waals surface area contributed by atoms with E-state index >= 15 is 0 Å². The molecule has 0 aromatic heterocycles. The van der Waals surface area contributed by atoms with Crippen molar-refractivity contribution in [2.45, 2.75) is 116 Å². The van der Waals surface area contributed by atoms with Gasteiger partial charge in [-0.2, -0.15) is 0 Å². The Hall–Kier alpha value is -0.530. The van der Waals surface area contributed by atoms with Crippen molar-refractivity contribution in [1.82, 2.24) is 4.90 Å². The summed E-state index contributed by atoms with van der Waals surface area (Å²) in [7, 11) is 0. The van der Waals surface area contributed by atoms with Gasteiger partial charge in [-0.25, -0.2) is 0 Å². The molecular weight excluding hydrogens is 282 g/mol. The molecule has 136 valence electrons. The maximum atomic E-state index is 11.1. The Balaban J connectivity index is 1.65. The number of hydrogen-bond acceptors (Lipinski definition) is 1. The predicted octanol–water partition coefficient (Wildman–Crippen LogP) is 6.48. The molecule has 0 aliphatic carbocycles. The van der Waals surface area contributed by atoms with Gasteiger partial charge in [-0.3, -0.25) is 4.79 Å². The molecule has 0 saturated carbocycles. The van der Waals surface area contributed by atoms with Crippen molar-refractivity contribution in [2.75, 3.05) is 13.1 Å². The molecule has 0 radical (unpaired) electrons. The normalized spacial score (nSPS) is 14.3. The topological polar surface area (TPSA) is 20.3 Å². The van der Waals surface area contributed by atoms with E-state index < -0.39 is 0 Å². The van der Waals surface area contributed by atoms with Crippen LogP contribution < -0.4 is 0 Å². The lowest BCUT2D eigenvalue weighted by atomic mass is 10.0. The molecule has 1 amide bonds. The summed E-state index contributed by atoms with van der Waals surface area (Å²) in [6, 6.07) is 0. The second kappa shape index (κ2) is 15.0. The van der Waals surface area contributed by atoms with Crippen LogP contribution in [-0.2, 0) is 4.79 Å². The number of hydrogen-bond donors (Lipinski definition) is 0. The van der Waals surface area contributed by atoms with Crippen LogP contribution >= 0.6 is 0 Å². The van der Waals surface area contributed by atoms with Crippen molar-refractivity contribution < 1.29 is 4.79 Å². The van der Waals surface area contributed by atoms with Crippen molar-refractivity contribution in [2.24, 2.45) is 0 Å². The molecule has 0 unspecified atom stereocenters. The number of unbranched alkanes of at least 4 members (excludes halogenated alkanes) is 15. The summed E-state index contributed by atoms with van der Waals surface area (Å²) < 4.78 is 0. The first-order valence-corrected chi connectivity index (χ1v) is 10.6. The third kappa shape index (κ3) is 11.6. The lowest BCUT2D eigenvalue weighted by Gasteiger charge is -2.30. The summed E-state index contributed by atoms with van der Waals surface area (Å²) in [6.07, 6.45) is 23.3. The molecule has 1 heterocycles. The van der Waals surface area contributed by atoms with Crippen LogP contribution in [0.4, 0.5) is 0 Å². The maximum Gasteiger partial charge on any atom is 0.224 e. The Morgan fingerprint density at radius 3 is 1.35 bits per heavy atom. The Bertz CT molecular complexity index is 277. The van der Waals surface area contributed by atoms with Crippen molar-refractivity contribution in [3.05, 3.63) is 0 Å². The highest BCUT2D eigenvalue weighted by Gasteiger charge is 2.22. The second-order valence-corrected chi connectivity index (χ2v) is 7.43. The Kier molecular flexibility index (Phi) is 13.4. The number of amides is 1. The van der Waals surface area contributed by atoms with Crippen molar-refractivity contribution in [3.63, 3.8) is 0 Å². The van der Waals surface area contributed by atoms with Gasteiger partial charge >= 0.3 is 0 Å². The van der Waals surface area contributed by atoms with Gasteiger partial charge in [0.15, 0.2) is 0 Å². The van der Waals surface area contributed by atoms with Crippen LogP contribution in [-0.4, -0.2) is 23.9 Å². The van der Waals surface area contributed by atoms with Gasteiger partial charge in [-0.05, 0) is 6.42 Å². The minimum atomic E-state index is 0.367. The van der Waals surface area contributed by atoms with Crippen molar-refractivity contribution in [3.8, 4) is 0 Å². The minimum Gasteiger partial charge on any atom is -0.342 e. The fraction of sp³-hybridized carbons (Fsp3) is 0.952. The largest absolute Gasteiger partial charge is 0.342 e. The van der Waals surface area contributed by atoms with Crippen LogP contribution in [0.2, 0.25) is 0 Å². The lowest BCUT2D eigenvalue weighted by Crippen LogP contribution is -2.43. The molecular formula is C21H41NO. The van der Waals surface area contributed by atoms with Gasteiger partial charge in [0.1, 0.15) is 0 Å². The van der Waals surface area contributed by atoms with Crippen molar-refractivity contribution in [1.29, 1.82) is 0 Å². The Morgan fingerprint density at radius 1 is 0.652 bits per heavy atom. The molecule has 2 heteroatoms. The lowest BCUT2D eigenvalue weighted by molar-refractivity contribution is -0.139. The van der Waals surface area contributed by atoms with Crippen molar-refractivity contribution >= 4 is 5.91 Å². The van der Waals surface area contributed by atoms with E-state index in [1.807, 2.05) is 4.90 Å². The third-order valence-electron chi connectivity index (χ3n) is 5.23. The molecule has 0 spiro atoms.